The molecule has 4 rings (SSSR count). The van der Waals surface area contributed by atoms with Gasteiger partial charge in [0.25, 0.3) is 0 Å². The van der Waals surface area contributed by atoms with Crippen molar-refractivity contribution in [3.05, 3.63) is 39.3 Å². The molecule has 3 aromatic rings. The number of thiophene rings is 1. The number of ether oxygens (including phenoxy) is 1. The molecule has 2 aromatic heterocycles. The van der Waals surface area contributed by atoms with Gasteiger partial charge in [-0.3, -0.25) is 0 Å². The first-order valence-electron chi connectivity index (χ1n) is 9.65. The number of thiocarbonyl (C=S) groups is 1. The molecule has 0 bridgehead atoms. The van der Waals surface area contributed by atoms with E-state index in [1.807, 2.05) is 0 Å². The van der Waals surface area contributed by atoms with E-state index in [-0.39, 0.29) is 5.97 Å². The number of carbonyl (C=O) groups excluding carboxylic acids is 1. The van der Waals surface area contributed by atoms with Crippen molar-refractivity contribution in [2.75, 3.05) is 17.7 Å². The standard InChI is InChI=1S/C21H23N3O2S3/c1-11-9-14-16(10-12(11)2)29-21(22-14)24-20(27)23-18-17(19(25)26-3)13-7-5-4-6-8-15(13)28-18/h9-10H,4-8H2,1-3H3,(H2,22,23,24,27). The van der Waals surface area contributed by atoms with Crippen LogP contribution in [0.2, 0.25) is 0 Å². The number of aromatic nitrogens is 1. The Morgan fingerprint density at radius 2 is 1.86 bits per heavy atom. The number of rotatable bonds is 3. The van der Waals surface area contributed by atoms with Gasteiger partial charge in [0.2, 0.25) is 0 Å². The number of fused-ring (bicyclic) bond motifs is 2. The zero-order valence-corrected chi connectivity index (χ0v) is 19.1. The van der Waals surface area contributed by atoms with E-state index in [2.05, 4.69) is 41.6 Å². The topological polar surface area (TPSA) is 63.2 Å². The summed E-state index contributed by atoms with van der Waals surface area (Å²) >= 11 is 8.70. The number of esters is 1. The van der Waals surface area contributed by atoms with E-state index in [1.54, 1.807) is 22.7 Å². The van der Waals surface area contributed by atoms with Crippen LogP contribution in [0.15, 0.2) is 12.1 Å². The Morgan fingerprint density at radius 3 is 2.66 bits per heavy atom. The number of anilines is 2. The monoisotopic (exact) mass is 445 g/mol. The minimum Gasteiger partial charge on any atom is -0.465 e. The largest absolute Gasteiger partial charge is 0.465 e. The van der Waals surface area contributed by atoms with E-state index in [4.69, 9.17) is 17.0 Å². The summed E-state index contributed by atoms with van der Waals surface area (Å²) in [5.74, 6) is -0.305. The van der Waals surface area contributed by atoms with E-state index < -0.39 is 0 Å². The van der Waals surface area contributed by atoms with Crippen LogP contribution < -0.4 is 10.6 Å². The van der Waals surface area contributed by atoms with E-state index in [9.17, 15) is 4.79 Å². The molecule has 0 atom stereocenters. The van der Waals surface area contributed by atoms with Gasteiger partial charge in [-0.15, -0.1) is 11.3 Å². The number of hydrogen-bond acceptors (Lipinski definition) is 6. The maximum Gasteiger partial charge on any atom is 0.341 e. The van der Waals surface area contributed by atoms with Crippen LogP contribution in [0.3, 0.4) is 0 Å². The molecule has 0 spiro atoms. The number of hydrogen-bond donors (Lipinski definition) is 2. The fourth-order valence-electron chi connectivity index (χ4n) is 3.61. The number of benzene rings is 1. The summed E-state index contributed by atoms with van der Waals surface area (Å²) in [5, 5.41) is 8.33. The van der Waals surface area contributed by atoms with Gasteiger partial charge in [0, 0.05) is 4.88 Å². The van der Waals surface area contributed by atoms with Crippen LogP contribution >= 0.6 is 34.9 Å². The van der Waals surface area contributed by atoms with Gasteiger partial charge in [-0.05, 0) is 80.6 Å². The maximum absolute atomic E-state index is 12.5. The first kappa shape index (κ1) is 20.3. The Balaban J connectivity index is 1.57. The third-order valence-electron chi connectivity index (χ3n) is 5.26. The fraction of sp³-hybridized carbons (Fsp3) is 0.381. The predicted molar refractivity (Wildman–Crippen MR) is 126 cm³/mol. The minimum absolute atomic E-state index is 0.305. The summed E-state index contributed by atoms with van der Waals surface area (Å²) in [6.07, 6.45) is 5.36. The van der Waals surface area contributed by atoms with Crippen LogP contribution in [0.5, 0.6) is 0 Å². The van der Waals surface area contributed by atoms with Crippen LogP contribution in [0.1, 0.15) is 51.2 Å². The molecule has 0 saturated carbocycles. The Bertz CT molecular complexity index is 1060. The van der Waals surface area contributed by atoms with Gasteiger partial charge in [0.05, 0.1) is 22.9 Å². The van der Waals surface area contributed by atoms with Gasteiger partial charge >= 0.3 is 5.97 Å². The second-order valence-electron chi connectivity index (χ2n) is 7.26. The Labute approximate surface area is 183 Å². The molecule has 0 aliphatic heterocycles. The van der Waals surface area contributed by atoms with E-state index in [0.29, 0.717) is 10.7 Å². The van der Waals surface area contributed by atoms with Crippen LogP contribution in [0.25, 0.3) is 10.2 Å². The van der Waals surface area contributed by atoms with Gasteiger partial charge in [-0.1, -0.05) is 17.8 Å². The molecular weight excluding hydrogens is 422 g/mol. The zero-order valence-electron chi connectivity index (χ0n) is 16.7. The highest BCUT2D eigenvalue weighted by molar-refractivity contribution is 7.80. The highest BCUT2D eigenvalue weighted by Crippen LogP contribution is 2.38. The molecule has 152 valence electrons. The first-order chi connectivity index (χ1) is 14.0. The molecule has 2 heterocycles. The van der Waals surface area contributed by atoms with Crippen molar-refractivity contribution >= 4 is 66.3 Å². The summed E-state index contributed by atoms with van der Waals surface area (Å²) in [4.78, 5) is 18.4. The maximum atomic E-state index is 12.5. The van der Waals surface area contributed by atoms with Gasteiger partial charge in [-0.25, -0.2) is 9.78 Å². The summed E-state index contributed by atoms with van der Waals surface area (Å²) in [7, 11) is 1.43. The molecule has 5 nitrogen and oxygen atoms in total. The minimum atomic E-state index is -0.305. The number of aryl methyl sites for hydroxylation is 3. The predicted octanol–water partition coefficient (Wildman–Crippen LogP) is 5.84. The van der Waals surface area contributed by atoms with Crippen molar-refractivity contribution in [2.45, 2.75) is 46.0 Å². The van der Waals surface area contributed by atoms with Crippen LogP contribution in [0.4, 0.5) is 10.1 Å². The van der Waals surface area contributed by atoms with Crippen LogP contribution in [0, 0.1) is 13.8 Å². The summed E-state index contributed by atoms with van der Waals surface area (Å²) in [5.41, 5.74) is 5.18. The lowest BCUT2D eigenvalue weighted by atomic mass is 10.1. The highest BCUT2D eigenvalue weighted by Gasteiger charge is 2.25. The number of methoxy groups -OCH3 is 1. The van der Waals surface area contributed by atoms with Crippen molar-refractivity contribution in [1.82, 2.24) is 4.98 Å². The average Bonchev–Trinajstić information content (AvgIpc) is 3.12. The van der Waals surface area contributed by atoms with E-state index in [1.165, 1.54) is 29.5 Å². The molecule has 0 amide bonds. The first-order valence-corrected chi connectivity index (χ1v) is 11.7. The summed E-state index contributed by atoms with van der Waals surface area (Å²) in [6.45, 7) is 4.19. The second kappa shape index (κ2) is 8.38. The molecule has 0 saturated heterocycles. The molecule has 0 radical (unpaired) electrons. The lowest BCUT2D eigenvalue weighted by Gasteiger charge is -2.09. The Kier molecular flexibility index (Phi) is 5.85. The average molecular weight is 446 g/mol. The second-order valence-corrected chi connectivity index (χ2v) is 9.81. The van der Waals surface area contributed by atoms with Crippen molar-refractivity contribution < 1.29 is 9.53 Å². The molecule has 0 fully saturated rings. The van der Waals surface area contributed by atoms with Crippen LogP contribution in [-0.4, -0.2) is 23.2 Å². The van der Waals surface area contributed by atoms with Gasteiger partial charge < -0.3 is 15.4 Å². The molecule has 0 unspecified atom stereocenters. The SMILES string of the molecule is COC(=O)c1c(NC(=S)Nc2nc3cc(C)c(C)cc3s2)sc2c1CCCCC2. The Morgan fingerprint density at radius 1 is 1.10 bits per heavy atom. The van der Waals surface area contributed by atoms with Gasteiger partial charge in [0.15, 0.2) is 10.2 Å². The summed E-state index contributed by atoms with van der Waals surface area (Å²) in [6, 6.07) is 4.24. The van der Waals surface area contributed by atoms with Crippen molar-refractivity contribution in [2.24, 2.45) is 0 Å². The molecule has 1 aromatic carbocycles. The van der Waals surface area contributed by atoms with Gasteiger partial charge in [0.1, 0.15) is 5.00 Å². The van der Waals surface area contributed by atoms with E-state index in [0.717, 1.165) is 51.6 Å². The highest BCUT2D eigenvalue weighted by atomic mass is 32.1. The van der Waals surface area contributed by atoms with Gasteiger partial charge in [-0.2, -0.15) is 0 Å². The van der Waals surface area contributed by atoms with Crippen molar-refractivity contribution in [1.29, 1.82) is 0 Å². The van der Waals surface area contributed by atoms with Crippen molar-refractivity contribution in [3.8, 4) is 0 Å². The fourth-order valence-corrected chi connectivity index (χ4v) is 6.17. The number of nitrogens with one attached hydrogen (secondary N) is 2. The zero-order chi connectivity index (χ0) is 20.5. The van der Waals surface area contributed by atoms with E-state index >= 15 is 0 Å². The molecule has 29 heavy (non-hydrogen) atoms. The quantitative estimate of drug-likeness (QED) is 0.300. The lowest BCUT2D eigenvalue weighted by molar-refractivity contribution is 0.0601. The smallest absolute Gasteiger partial charge is 0.341 e. The molecular formula is C21H23N3O2S3. The van der Waals surface area contributed by atoms with Crippen molar-refractivity contribution in [3.63, 3.8) is 0 Å². The molecule has 2 N–H and O–H groups in total. The number of carbonyl (C=O) groups is 1. The number of nitrogens with zero attached hydrogens (tertiary/aromatic N) is 1. The molecule has 8 heteroatoms. The third-order valence-corrected chi connectivity index (χ3v) is 7.61. The van der Waals surface area contributed by atoms with Crippen LogP contribution in [-0.2, 0) is 17.6 Å². The number of thiazole rings is 1. The Hall–Kier alpha value is -2.03. The molecule has 1 aliphatic carbocycles. The normalized spacial score (nSPS) is 13.6. The lowest BCUT2D eigenvalue weighted by Crippen LogP contribution is -2.20. The summed E-state index contributed by atoms with van der Waals surface area (Å²) < 4.78 is 6.18. The third kappa shape index (κ3) is 4.15. The molecule has 1 aliphatic rings.